The number of benzene rings is 5. The summed E-state index contributed by atoms with van der Waals surface area (Å²) in [6.07, 6.45) is 11.7. The smallest absolute Gasteiger partial charge is 0.269 e. The van der Waals surface area contributed by atoms with Gasteiger partial charge in [-0.1, -0.05) is 66.5 Å². The Hall–Kier alpha value is -7.00. The molecule has 0 saturated heterocycles. The highest BCUT2D eigenvalue weighted by Gasteiger charge is 2.65. The summed E-state index contributed by atoms with van der Waals surface area (Å²) in [5.41, 5.74) is 3.77. The third-order valence-electron chi connectivity index (χ3n) is 13.8. The zero-order valence-corrected chi connectivity index (χ0v) is 38.6. The van der Waals surface area contributed by atoms with E-state index in [-0.39, 0.29) is 68.9 Å². The number of nitro groups is 1. The highest BCUT2D eigenvalue weighted by atomic mass is 16.7. The molecule has 14 heteroatoms. The summed E-state index contributed by atoms with van der Waals surface area (Å²) in [4.78, 5) is 33.6. The van der Waals surface area contributed by atoms with Crippen molar-refractivity contribution in [3.05, 3.63) is 160 Å². The van der Waals surface area contributed by atoms with Crippen molar-refractivity contribution in [2.24, 2.45) is 22.9 Å². The molecule has 0 spiro atoms. The predicted octanol–water partition coefficient (Wildman–Crippen LogP) is 10.3. The van der Waals surface area contributed by atoms with Gasteiger partial charge in [0.1, 0.15) is 30.4 Å². The van der Waals surface area contributed by atoms with Crippen LogP contribution < -0.4 is 18.9 Å². The van der Waals surface area contributed by atoms with Gasteiger partial charge < -0.3 is 43.6 Å². The summed E-state index contributed by atoms with van der Waals surface area (Å²) in [7, 11) is 1.51. The van der Waals surface area contributed by atoms with Gasteiger partial charge in [0.05, 0.1) is 23.2 Å². The number of carbonyl (C=O) groups excluding carboxylic acids is 1. The maximum absolute atomic E-state index is 15.2. The van der Waals surface area contributed by atoms with Crippen molar-refractivity contribution in [3.63, 3.8) is 0 Å². The fourth-order valence-corrected chi connectivity index (χ4v) is 10.7. The molecule has 4 aliphatic rings. The van der Waals surface area contributed by atoms with E-state index in [1.807, 2.05) is 60.7 Å². The summed E-state index contributed by atoms with van der Waals surface area (Å²) in [5.74, 6) is 0.372. The Balaban J connectivity index is 1.22. The van der Waals surface area contributed by atoms with Crippen LogP contribution in [0.5, 0.6) is 28.7 Å². The van der Waals surface area contributed by atoms with Crippen LogP contribution >= 0.6 is 0 Å². The van der Waals surface area contributed by atoms with Crippen molar-refractivity contribution in [2.45, 2.75) is 69.2 Å². The molecule has 69 heavy (non-hydrogen) atoms. The minimum absolute atomic E-state index is 0.00291. The number of unbranched alkanes of at least 4 members (excludes halogenated alkanes) is 2. The fraction of sp³-hybridized carbons (Fsp3) is 0.345. The molecule has 2 N–H and O–H groups in total. The number of aliphatic hydroxyl groups excluding tert-OH is 2. The van der Waals surface area contributed by atoms with Crippen molar-refractivity contribution in [3.8, 4) is 28.7 Å². The largest absolute Gasteiger partial charge is 0.459 e. The van der Waals surface area contributed by atoms with E-state index in [0.29, 0.717) is 52.9 Å². The van der Waals surface area contributed by atoms with E-state index in [4.69, 9.17) is 33.7 Å². The van der Waals surface area contributed by atoms with Gasteiger partial charge in [-0.2, -0.15) is 0 Å². The number of ether oxygens (including phenoxy) is 5. The molecule has 6 atom stereocenters. The molecule has 2 aliphatic carbocycles. The average Bonchev–Trinajstić information content (AvgIpc) is 3.84. The molecule has 5 aromatic carbocycles. The molecule has 358 valence electrons. The van der Waals surface area contributed by atoms with E-state index in [0.717, 1.165) is 53.2 Å². The van der Waals surface area contributed by atoms with Crippen LogP contribution in [0.3, 0.4) is 0 Å². The van der Waals surface area contributed by atoms with Gasteiger partial charge in [-0.15, -0.1) is 6.58 Å². The molecule has 1 amide bonds. The van der Waals surface area contributed by atoms with Gasteiger partial charge in [0, 0.05) is 55.9 Å². The van der Waals surface area contributed by atoms with Crippen molar-refractivity contribution in [1.82, 2.24) is 4.90 Å². The highest BCUT2D eigenvalue weighted by Crippen LogP contribution is 2.62. The molecule has 14 nitrogen and oxygen atoms in total. The van der Waals surface area contributed by atoms with Gasteiger partial charge in [-0.3, -0.25) is 14.9 Å². The first-order valence-corrected chi connectivity index (χ1v) is 23.6. The number of carbonyl (C=O) groups is 1. The molecule has 0 bridgehead atoms. The van der Waals surface area contributed by atoms with Crippen LogP contribution in [0.2, 0.25) is 0 Å². The fourth-order valence-electron chi connectivity index (χ4n) is 10.7. The number of allylic oxidation sites excluding steroid dienone is 1. The van der Waals surface area contributed by atoms with E-state index in [1.165, 1.54) is 25.3 Å². The van der Waals surface area contributed by atoms with Crippen LogP contribution in [0.15, 0.2) is 139 Å². The lowest BCUT2D eigenvalue weighted by Crippen LogP contribution is -2.70. The summed E-state index contributed by atoms with van der Waals surface area (Å²) in [5, 5.41) is 38.4. The Kier molecular flexibility index (Phi) is 14.4. The number of rotatable bonds is 20. The molecular weight excluding hydrogens is 879 g/mol. The van der Waals surface area contributed by atoms with Gasteiger partial charge in [-0.25, -0.2) is 0 Å². The first kappa shape index (κ1) is 47.1. The second-order valence-corrected chi connectivity index (χ2v) is 17.9. The van der Waals surface area contributed by atoms with Crippen LogP contribution in [0.25, 0.3) is 16.8 Å². The Labute approximate surface area is 401 Å². The molecule has 9 rings (SSSR count). The lowest BCUT2D eigenvalue weighted by Gasteiger charge is -2.60. The van der Waals surface area contributed by atoms with Gasteiger partial charge in [-0.05, 0) is 126 Å². The molecule has 5 aromatic rings. The van der Waals surface area contributed by atoms with Crippen LogP contribution in [-0.2, 0) is 20.9 Å². The van der Waals surface area contributed by atoms with Crippen LogP contribution in [0.4, 0.5) is 5.69 Å². The van der Waals surface area contributed by atoms with Crippen LogP contribution in [-0.4, -0.2) is 77.2 Å². The predicted molar refractivity (Wildman–Crippen MR) is 261 cm³/mol. The SMILES string of the molecule is C=CCO[C@@]12Oc3ccc(Oc4ccc5ccccc5c4)cc3[C@H]3[C@H](CCCCO)[C@@H](CCCCO)C=C(C(=NOC)C[C@@H]1N(Cc1ccc4c(c1)OCO4)C(=O)C=Cc1ccc([N+](=O)[O-])cc1)[C@H]32. The standard InChI is InChI=1S/C55H57N3O11/c1-3-28-67-55-51(57(34-37-16-23-49-50(29-37)66-35-65-49)52(61)25-17-36-14-19-41(20-15-36)58(62)63)33-47(56-64-2)45-31-40(12-6-8-26-59)44(13-7-9-27-60)53(54(45)55)46-32-43(22-24-48(46)69-55)68-42-21-18-38-10-4-5-11-39(38)30-42/h3-5,10-11,14-25,29-32,40,44,51,53-54,59-60H,1,6-9,12-13,26-28,33-35H2,2H3/t40-,44+,51-,53+,54+,55+/m0/s1. The number of nitro benzene ring substituents is 1. The first-order chi connectivity index (χ1) is 33.7. The number of hydrogen-bond donors (Lipinski definition) is 2. The molecule has 1 saturated carbocycles. The molecule has 0 radical (unpaired) electrons. The number of aliphatic hydroxyl groups is 2. The monoisotopic (exact) mass is 935 g/mol. The van der Waals surface area contributed by atoms with E-state index in [9.17, 15) is 20.3 Å². The topological polar surface area (TPSA) is 172 Å². The van der Waals surface area contributed by atoms with Gasteiger partial charge in [0.25, 0.3) is 5.69 Å². The van der Waals surface area contributed by atoms with Crippen molar-refractivity contribution in [1.29, 1.82) is 0 Å². The highest BCUT2D eigenvalue weighted by molar-refractivity contribution is 6.03. The first-order valence-electron chi connectivity index (χ1n) is 23.6. The van der Waals surface area contributed by atoms with Gasteiger partial charge >= 0.3 is 0 Å². The molecule has 2 aliphatic heterocycles. The van der Waals surface area contributed by atoms with E-state index >= 15 is 4.79 Å². The number of fused-ring (bicyclic) bond motifs is 4. The summed E-state index contributed by atoms with van der Waals surface area (Å²) < 4.78 is 32.7. The third kappa shape index (κ3) is 9.83. The quantitative estimate of drug-likeness (QED) is 0.0250. The second kappa shape index (κ2) is 21.1. The molecular formula is C55H57N3O11. The van der Waals surface area contributed by atoms with Gasteiger partial charge in [0.15, 0.2) is 11.5 Å². The summed E-state index contributed by atoms with van der Waals surface area (Å²) >= 11 is 0. The normalized spacial score (nSPS) is 22.6. The molecule has 0 aromatic heterocycles. The lowest BCUT2D eigenvalue weighted by molar-refractivity contribution is -0.384. The van der Waals surface area contributed by atoms with Crippen LogP contribution in [0, 0.1) is 27.9 Å². The molecule has 1 fully saturated rings. The van der Waals surface area contributed by atoms with Crippen molar-refractivity contribution < 1.29 is 48.5 Å². The number of hydrogen-bond acceptors (Lipinski definition) is 12. The van der Waals surface area contributed by atoms with Crippen LogP contribution in [0.1, 0.15) is 67.6 Å². The Bertz CT molecular complexity index is 2770. The molecule has 2 heterocycles. The lowest BCUT2D eigenvalue weighted by atomic mass is 9.55. The maximum atomic E-state index is 15.2. The van der Waals surface area contributed by atoms with E-state index < -0.39 is 22.7 Å². The Morgan fingerprint density at radius 1 is 0.899 bits per heavy atom. The van der Waals surface area contributed by atoms with E-state index in [2.05, 4.69) is 30.9 Å². The zero-order valence-electron chi connectivity index (χ0n) is 38.6. The second-order valence-electron chi connectivity index (χ2n) is 17.9. The number of nitrogens with zero attached hydrogens (tertiary/aromatic N) is 3. The minimum atomic E-state index is -1.52. The number of amides is 1. The number of non-ortho nitro benzene ring substituents is 1. The van der Waals surface area contributed by atoms with E-state index in [1.54, 1.807) is 29.2 Å². The van der Waals surface area contributed by atoms with Crippen molar-refractivity contribution >= 4 is 34.2 Å². The Morgan fingerprint density at radius 3 is 2.41 bits per heavy atom. The number of oxime groups is 1. The molecule has 0 unspecified atom stereocenters. The minimum Gasteiger partial charge on any atom is -0.459 e. The van der Waals surface area contributed by atoms with Gasteiger partial charge in [0.2, 0.25) is 18.5 Å². The average molecular weight is 936 g/mol. The Morgan fingerprint density at radius 2 is 1.64 bits per heavy atom. The maximum Gasteiger partial charge on any atom is 0.269 e. The summed E-state index contributed by atoms with van der Waals surface area (Å²) in [6, 6.07) is 30.8. The third-order valence-corrected chi connectivity index (χ3v) is 13.8. The van der Waals surface area contributed by atoms with Crippen molar-refractivity contribution in [2.75, 3.05) is 33.7 Å². The zero-order chi connectivity index (χ0) is 47.9. The summed E-state index contributed by atoms with van der Waals surface area (Å²) in [6.45, 7) is 4.46.